The van der Waals surface area contributed by atoms with Crippen LogP contribution in [0.2, 0.25) is 0 Å². The summed E-state index contributed by atoms with van der Waals surface area (Å²) < 4.78 is 14.5. The van der Waals surface area contributed by atoms with Gasteiger partial charge in [-0.2, -0.15) is 0 Å². The number of unbranched alkanes of at least 4 members (excludes halogenated alkanes) is 3. The van der Waals surface area contributed by atoms with Gasteiger partial charge in [0.15, 0.2) is 0 Å². The van der Waals surface area contributed by atoms with Crippen LogP contribution in [0.3, 0.4) is 0 Å². The van der Waals surface area contributed by atoms with Crippen molar-refractivity contribution in [2.75, 3.05) is 0 Å². The minimum absolute atomic E-state index is 0. The molecule has 0 aromatic heterocycles. The molecule has 0 aromatic rings. The van der Waals surface area contributed by atoms with Gasteiger partial charge in [-0.15, -0.1) is 0 Å². The second kappa shape index (κ2) is 19.7. The molecule has 0 aliphatic carbocycles. The number of hydrogen-bond donors (Lipinski definition) is 0. The SMILES string of the molecule is CC(C)CCCCCC(CCCCC(C)C)OOP(=O)([O-])[O-].[K+].[K+]. The topological polar surface area (TPSA) is 81.7 Å². The molecule has 0 spiro atoms. The Hall–Kier alpha value is 3.34. The first kappa shape index (κ1) is 32.0. The van der Waals surface area contributed by atoms with Crippen molar-refractivity contribution in [3.8, 4) is 0 Å². The Bertz CT molecular complexity index is 311. The maximum absolute atomic E-state index is 10.5. The normalized spacial score (nSPS) is 12.8. The van der Waals surface area contributed by atoms with Crippen LogP contribution in [0, 0.1) is 11.8 Å². The molecule has 0 aliphatic rings. The van der Waals surface area contributed by atoms with Gasteiger partial charge in [0.05, 0.1) is 6.10 Å². The minimum Gasteiger partial charge on any atom is -0.788 e. The molecule has 8 heteroatoms. The van der Waals surface area contributed by atoms with Gasteiger partial charge < -0.3 is 14.4 Å². The summed E-state index contributed by atoms with van der Waals surface area (Å²) in [6.07, 6.45) is 8.77. The molecule has 0 bridgehead atoms. The molecule has 0 heterocycles. The van der Waals surface area contributed by atoms with Crippen LogP contribution in [0.4, 0.5) is 0 Å². The van der Waals surface area contributed by atoms with Crippen molar-refractivity contribution in [3.05, 3.63) is 0 Å². The van der Waals surface area contributed by atoms with Crippen molar-refractivity contribution in [1.82, 2.24) is 0 Å². The summed E-state index contributed by atoms with van der Waals surface area (Å²) in [4.78, 5) is 25.9. The first-order valence-electron chi connectivity index (χ1n) is 8.58. The molecule has 134 valence electrons. The molecule has 5 nitrogen and oxygen atoms in total. The predicted molar refractivity (Wildman–Crippen MR) is 84.8 cm³/mol. The molecular weight excluding hydrogens is 381 g/mol. The van der Waals surface area contributed by atoms with E-state index in [4.69, 9.17) is 4.89 Å². The van der Waals surface area contributed by atoms with Crippen molar-refractivity contribution in [2.24, 2.45) is 11.8 Å². The van der Waals surface area contributed by atoms with E-state index in [0.29, 0.717) is 11.8 Å². The quantitative estimate of drug-likeness (QED) is 0.108. The summed E-state index contributed by atoms with van der Waals surface area (Å²) in [7, 11) is -5.05. The zero-order valence-corrected chi connectivity index (χ0v) is 23.7. The number of rotatable bonds is 14. The van der Waals surface area contributed by atoms with E-state index in [0.717, 1.165) is 44.9 Å². The first-order valence-corrected chi connectivity index (χ1v) is 10.0. The fourth-order valence-electron chi connectivity index (χ4n) is 2.38. The van der Waals surface area contributed by atoms with Gasteiger partial charge in [-0.1, -0.05) is 72.6 Å². The maximum atomic E-state index is 10.5. The third-order valence-corrected chi connectivity index (χ3v) is 3.90. The van der Waals surface area contributed by atoms with E-state index in [9.17, 15) is 14.4 Å². The summed E-state index contributed by atoms with van der Waals surface area (Å²) in [5, 5.41) is 0. The van der Waals surface area contributed by atoms with Gasteiger partial charge in [-0.3, -0.25) is 0 Å². The second-order valence-corrected chi connectivity index (χ2v) is 7.99. The molecule has 0 radical (unpaired) electrons. The molecule has 0 saturated heterocycles. The van der Waals surface area contributed by atoms with E-state index < -0.39 is 7.82 Å². The average Bonchev–Trinajstić information content (AvgIpc) is 2.37. The summed E-state index contributed by atoms with van der Waals surface area (Å²) >= 11 is 0. The van der Waals surface area contributed by atoms with E-state index in [1.807, 2.05) is 0 Å². The van der Waals surface area contributed by atoms with Crippen molar-refractivity contribution in [3.63, 3.8) is 0 Å². The van der Waals surface area contributed by atoms with Crippen molar-refractivity contribution >= 4 is 7.82 Å². The van der Waals surface area contributed by atoms with Crippen LogP contribution in [0.5, 0.6) is 0 Å². The fraction of sp³-hybridized carbons (Fsp3) is 1.00. The summed E-state index contributed by atoms with van der Waals surface area (Å²) in [5.41, 5.74) is 0. The number of hydrogen-bond acceptors (Lipinski definition) is 5. The van der Waals surface area contributed by atoms with Crippen LogP contribution in [0.15, 0.2) is 0 Å². The van der Waals surface area contributed by atoms with E-state index in [1.54, 1.807) is 0 Å². The van der Waals surface area contributed by atoms with E-state index in [2.05, 4.69) is 32.4 Å². The largest absolute Gasteiger partial charge is 1.00 e. The van der Waals surface area contributed by atoms with Crippen LogP contribution in [-0.2, 0) is 14.1 Å². The summed E-state index contributed by atoms with van der Waals surface area (Å²) in [6, 6.07) is 0. The van der Waals surface area contributed by atoms with Gasteiger partial charge in [0.1, 0.15) is 7.82 Å². The molecule has 0 rings (SSSR count). The molecule has 0 saturated carbocycles. The zero-order valence-electron chi connectivity index (χ0n) is 16.6. The van der Waals surface area contributed by atoms with Gasteiger partial charge >= 0.3 is 103 Å². The third kappa shape index (κ3) is 25.3. The summed E-state index contributed by atoms with van der Waals surface area (Å²) in [5.74, 6) is 1.37. The smallest absolute Gasteiger partial charge is 0.788 e. The molecule has 0 amide bonds. The maximum Gasteiger partial charge on any atom is 1.00 e. The van der Waals surface area contributed by atoms with Crippen molar-refractivity contribution < 1.29 is 127 Å². The van der Waals surface area contributed by atoms with Crippen molar-refractivity contribution in [2.45, 2.75) is 91.6 Å². The number of phosphoric acid groups is 1. The fourth-order valence-corrected chi connectivity index (χ4v) is 2.61. The summed E-state index contributed by atoms with van der Waals surface area (Å²) in [6.45, 7) is 8.76. The third-order valence-electron chi connectivity index (χ3n) is 3.64. The van der Waals surface area contributed by atoms with Gasteiger partial charge in [0.25, 0.3) is 0 Å². The predicted octanol–water partition coefficient (Wildman–Crippen LogP) is -2.04. The standard InChI is InChI=1S/C16H35O5P.2K/c1-14(2)10-6-5-7-12-16(20-21-22(17,18)19)13-9-8-11-15(3)4;;/h14-16H,5-13H2,1-4H3,(H2,17,18,19);;/q;2*+1/p-2. The minimum atomic E-state index is -5.05. The van der Waals surface area contributed by atoms with E-state index in [-0.39, 0.29) is 109 Å². The zero-order chi connectivity index (χ0) is 17.0. The van der Waals surface area contributed by atoms with Gasteiger partial charge in [-0.05, 0) is 24.7 Å². The monoisotopic (exact) mass is 414 g/mol. The first-order chi connectivity index (χ1) is 10.2. The van der Waals surface area contributed by atoms with E-state index >= 15 is 0 Å². The second-order valence-electron chi connectivity index (χ2n) is 6.95. The van der Waals surface area contributed by atoms with Gasteiger partial charge in [0, 0.05) is 0 Å². The van der Waals surface area contributed by atoms with Crippen LogP contribution in [0.1, 0.15) is 85.5 Å². The van der Waals surface area contributed by atoms with E-state index in [1.165, 1.54) is 12.8 Å². The van der Waals surface area contributed by atoms with Gasteiger partial charge in [0.2, 0.25) is 0 Å². The molecule has 24 heavy (non-hydrogen) atoms. The Morgan fingerprint density at radius 1 is 0.750 bits per heavy atom. The average molecular weight is 415 g/mol. The Kier molecular flexibility index (Phi) is 26.2. The molecule has 0 aliphatic heterocycles. The Balaban J connectivity index is -0.00000220. The molecule has 1 unspecified atom stereocenters. The molecule has 1 atom stereocenters. The molecule has 0 N–H and O–H groups in total. The molecule has 0 fully saturated rings. The van der Waals surface area contributed by atoms with Crippen LogP contribution in [0.25, 0.3) is 0 Å². The van der Waals surface area contributed by atoms with Crippen LogP contribution < -0.4 is 113 Å². The Labute approximate surface area is 233 Å². The Morgan fingerprint density at radius 3 is 1.54 bits per heavy atom. The Morgan fingerprint density at radius 2 is 1.12 bits per heavy atom. The van der Waals surface area contributed by atoms with Crippen LogP contribution >= 0.6 is 7.82 Å². The van der Waals surface area contributed by atoms with Crippen molar-refractivity contribution in [1.29, 1.82) is 0 Å². The van der Waals surface area contributed by atoms with Gasteiger partial charge in [-0.25, -0.2) is 9.56 Å². The van der Waals surface area contributed by atoms with Crippen LogP contribution in [-0.4, -0.2) is 6.10 Å². The molecule has 0 aromatic carbocycles. The molecular formula is C16H33K2O5P.